The maximum absolute atomic E-state index is 11.2. The van der Waals surface area contributed by atoms with Crippen LogP contribution in [0.1, 0.15) is 17.4 Å². The lowest BCUT2D eigenvalue weighted by atomic mass is 10.3. The third kappa shape index (κ3) is 3.19. The fraction of sp³-hybridized carbons (Fsp3) is 0.214. The summed E-state index contributed by atoms with van der Waals surface area (Å²) in [5, 5.41) is 20.2. The molecular weight excluding hydrogens is 272 g/mol. The molecule has 1 aromatic heterocycles. The van der Waals surface area contributed by atoms with E-state index in [1.165, 1.54) is 4.80 Å². The molecule has 2 N–H and O–H groups in total. The molecule has 110 valence electrons. The average molecular weight is 288 g/mol. The maximum Gasteiger partial charge on any atom is 0.360 e. The fourth-order valence-corrected chi connectivity index (χ4v) is 1.75. The van der Waals surface area contributed by atoms with Gasteiger partial charge in [-0.3, -0.25) is 0 Å². The Kier molecular flexibility index (Phi) is 4.55. The molecule has 0 fully saturated rings. The topological polar surface area (TPSA) is 89.3 Å². The van der Waals surface area contributed by atoms with Gasteiger partial charge in [-0.15, -0.1) is 21.6 Å². The van der Waals surface area contributed by atoms with Crippen molar-refractivity contribution in [2.45, 2.75) is 6.92 Å². The van der Waals surface area contributed by atoms with E-state index in [0.29, 0.717) is 24.6 Å². The number of nitrogens with zero attached hydrogens (tertiary/aromatic N) is 3. The number of rotatable bonds is 7. The summed E-state index contributed by atoms with van der Waals surface area (Å²) >= 11 is 0. The van der Waals surface area contributed by atoms with Gasteiger partial charge in [-0.05, 0) is 19.1 Å². The van der Waals surface area contributed by atoms with Gasteiger partial charge in [0, 0.05) is 6.54 Å². The largest absolute Gasteiger partial charge is 0.492 e. The van der Waals surface area contributed by atoms with Crippen LogP contribution in [0.15, 0.2) is 36.9 Å². The maximum atomic E-state index is 11.2. The van der Waals surface area contributed by atoms with E-state index in [1.54, 1.807) is 24.3 Å². The highest BCUT2D eigenvalue weighted by atomic mass is 16.5. The zero-order chi connectivity index (χ0) is 15.2. The van der Waals surface area contributed by atoms with Crippen molar-refractivity contribution >= 4 is 11.8 Å². The molecule has 7 nitrogen and oxygen atoms in total. The second-order valence-corrected chi connectivity index (χ2v) is 4.06. The van der Waals surface area contributed by atoms with Crippen LogP contribution in [0.4, 0.5) is 5.82 Å². The predicted octanol–water partition coefficient (Wildman–Crippen LogP) is 1.96. The Bertz CT molecular complexity index is 651. The van der Waals surface area contributed by atoms with Crippen molar-refractivity contribution in [2.75, 3.05) is 18.5 Å². The summed E-state index contributed by atoms with van der Waals surface area (Å²) in [7, 11) is 0. The van der Waals surface area contributed by atoms with Crippen LogP contribution in [0.5, 0.6) is 5.75 Å². The summed E-state index contributed by atoms with van der Waals surface area (Å²) in [5.74, 6) is -0.377. The molecule has 0 radical (unpaired) electrons. The number of carbonyl (C=O) groups is 1. The molecule has 0 atom stereocenters. The number of aromatic nitrogens is 3. The zero-order valence-electron chi connectivity index (χ0n) is 11.6. The van der Waals surface area contributed by atoms with Gasteiger partial charge in [0.05, 0.1) is 6.61 Å². The van der Waals surface area contributed by atoms with Crippen LogP contribution in [-0.2, 0) is 0 Å². The van der Waals surface area contributed by atoms with E-state index in [0.717, 1.165) is 0 Å². The SMILES string of the molecule is C=CCNc1nn(-c2ccccc2OCC)nc1C(=O)O. The number of carboxylic acids is 1. The lowest BCUT2D eigenvalue weighted by Crippen LogP contribution is -2.05. The summed E-state index contributed by atoms with van der Waals surface area (Å²) in [5.41, 5.74) is 0.427. The summed E-state index contributed by atoms with van der Waals surface area (Å²) in [6.07, 6.45) is 1.61. The number of nitrogens with one attached hydrogen (secondary N) is 1. The minimum atomic E-state index is -1.15. The Morgan fingerprint density at radius 3 is 2.90 bits per heavy atom. The first kappa shape index (κ1) is 14.6. The normalized spacial score (nSPS) is 10.1. The first-order valence-corrected chi connectivity index (χ1v) is 6.45. The minimum Gasteiger partial charge on any atom is -0.492 e. The number of para-hydroxylation sites is 2. The van der Waals surface area contributed by atoms with Gasteiger partial charge in [-0.1, -0.05) is 18.2 Å². The van der Waals surface area contributed by atoms with Gasteiger partial charge in [0.25, 0.3) is 0 Å². The fourth-order valence-electron chi connectivity index (χ4n) is 1.75. The van der Waals surface area contributed by atoms with E-state index in [1.807, 2.05) is 13.0 Å². The highest BCUT2D eigenvalue weighted by Gasteiger charge is 2.19. The number of benzene rings is 1. The lowest BCUT2D eigenvalue weighted by molar-refractivity contribution is 0.0691. The van der Waals surface area contributed by atoms with Gasteiger partial charge in [0.15, 0.2) is 5.82 Å². The predicted molar refractivity (Wildman–Crippen MR) is 78.2 cm³/mol. The Morgan fingerprint density at radius 1 is 1.48 bits per heavy atom. The van der Waals surface area contributed by atoms with Crippen LogP contribution < -0.4 is 10.1 Å². The molecule has 0 aliphatic heterocycles. The van der Waals surface area contributed by atoms with Crippen molar-refractivity contribution in [1.29, 1.82) is 0 Å². The summed E-state index contributed by atoms with van der Waals surface area (Å²) in [6.45, 7) is 6.32. The molecule has 1 aromatic carbocycles. The Balaban J connectivity index is 2.44. The highest BCUT2D eigenvalue weighted by molar-refractivity contribution is 5.90. The summed E-state index contributed by atoms with van der Waals surface area (Å²) < 4.78 is 5.50. The minimum absolute atomic E-state index is 0.150. The summed E-state index contributed by atoms with van der Waals surface area (Å²) in [4.78, 5) is 12.5. The third-order valence-corrected chi connectivity index (χ3v) is 2.61. The van der Waals surface area contributed by atoms with Gasteiger partial charge in [0.2, 0.25) is 5.69 Å². The molecule has 7 heteroatoms. The summed E-state index contributed by atoms with van der Waals surface area (Å²) in [6, 6.07) is 7.17. The molecular formula is C14H16N4O3. The molecule has 0 saturated carbocycles. The Hall–Kier alpha value is -2.83. The average Bonchev–Trinajstić information content (AvgIpc) is 2.90. The second kappa shape index (κ2) is 6.56. The van der Waals surface area contributed by atoms with Crippen molar-refractivity contribution in [3.05, 3.63) is 42.6 Å². The Morgan fingerprint density at radius 2 is 2.24 bits per heavy atom. The van der Waals surface area contributed by atoms with Crippen molar-refractivity contribution in [3.63, 3.8) is 0 Å². The van der Waals surface area contributed by atoms with Crippen LogP contribution >= 0.6 is 0 Å². The molecule has 0 aliphatic carbocycles. The monoisotopic (exact) mass is 288 g/mol. The standard InChI is InChI=1S/C14H16N4O3/c1-3-9-15-13-12(14(19)20)16-18(17-13)10-7-5-6-8-11(10)21-4-2/h3,5-8H,1,4,9H2,2H3,(H,15,17)(H,19,20). The third-order valence-electron chi connectivity index (χ3n) is 2.61. The molecule has 0 spiro atoms. The number of anilines is 1. The van der Waals surface area contributed by atoms with Crippen LogP contribution in [0, 0.1) is 0 Å². The number of carboxylic acid groups (broad SMARTS) is 1. The molecule has 2 rings (SSSR count). The van der Waals surface area contributed by atoms with E-state index >= 15 is 0 Å². The molecule has 0 amide bonds. The van der Waals surface area contributed by atoms with E-state index in [9.17, 15) is 9.90 Å². The zero-order valence-corrected chi connectivity index (χ0v) is 11.6. The molecule has 2 aromatic rings. The van der Waals surface area contributed by atoms with Gasteiger partial charge in [0.1, 0.15) is 11.4 Å². The first-order chi connectivity index (χ1) is 10.2. The Labute approximate surface area is 121 Å². The second-order valence-electron chi connectivity index (χ2n) is 4.06. The molecule has 0 aliphatic rings. The van der Waals surface area contributed by atoms with Crippen molar-refractivity contribution < 1.29 is 14.6 Å². The molecule has 0 bridgehead atoms. The van der Waals surface area contributed by atoms with Crippen LogP contribution in [-0.4, -0.2) is 39.2 Å². The van der Waals surface area contributed by atoms with Crippen molar-refractivity contribution in [1.82, 2.24) is 15.0 Å². The van der Waals surface area contributed by atoms with E-state index in [4.69, 9.17) is 4.74 Å². The molecule has 21 heavy (non-hydrogen) atoms. The highest BCUT2D eigenvalue weighted by Crippen LogP contribution is 2.22. The number of ether oxygens (including phenoxy) is 1. The molecule has 0 unspecified atom stereocenters. The number of hydrogen-bond acceptors (Lipinski definition) is 5. The van der Waals surface area contributed by atoms with Gasteiger partial charge in [-0.25, -0.2) is 4.79 Å². The van der Waals surface area contributed by atoms with Crippen molar-refractivity contribution in [2.24, 2.45) is 0 Å². The molecule has 1 heterocycles. The van der Waals surface area contributed by atoms with Gasteiger partial charge in [-0.2, -0.15) is 0 Å². The van der Waals surface area contributed by atoms with Crippen LogP contribution in [0.3, 0.4) is 0 Å². The first-order valence-electron chi connectivity index (χ1n) is 6.45. The van der Waals surface area contributed by atoms with E-state index < -0.39 is 5.97 Å². The van der Waals surface area contributed by atoms with Crippen molar-refractivity contribution in [3.8, 4) is 11.4 Å². The van der Waals surface area contributed by atoms with Crippen LogP contribution in [0.25, 0.3) is 5.69 Å². The number of aromatic carboxylic acids is 1. The van der Waals surface area contributed by atoms with Gasteiger partial charge < -0.3 is 15.2 Å². The molecule has 0 saturated heterocycles. The van der Waals surface area contributed by atoms with E-state index in [2.05, 4.69) is 22.1 Å². The number of hydrogen-bond donors (Lipinski definition) is 2. The quantitative estimate of drug-likeness (QED) is 0.757. The van der Waals surface area contributed by atoms with Crippen LogP contribution in [0.2, 0.25) is 0 Å². The lowest BCUT2D eigenvalue weighted by Gasteiger charge is -2.08. The van der Waals surface area contributed by atoms with Gasteiger partial charge >= 0.3 is 5.97 Å². The smallest absolute Gasteiger partial charge is 0.360 e. The van der Waals surface area contributed by atoms with E-state index in [-0.39, 0.29) is 11.5 Å².